The Kier molecular flexibility index (Phi) is 35.7. The maximum Gasteiger partial charge on any atom is 0.473 e. The van der Waals surface area contributed by atoms with Crippen LogP contribution in [0, 0.1) is 0 Å². The Balaban J connectivity index is 4.92. The van der Waals surface area contributed by atoms with Crippen molar-refractivity contribution in [1.82, 2.24) is 0 Å². The highest BCUT2D eigenvalue weighted by Gasteiger charge is 2.38. The van der Waals surface area contributed by atoms with Crippen LogP contribution in [-0.2, 0) is 32.7 Å². The van der Waals surface area contributed by atoms with E-state index in [-0.39, 0.29) is 6.42 Å². The number of Topliss-reactive ketones (excluding diaryl/α,β-unsaturated/α-hetero) is 1. The molecular weight excluding hydrogens is 733 g/mol. The fourth-order valence-electron chi connectivity index (χ4n) is 5.64. The summed E-state index contributed by atoms with van der Waals surface area (Å²) in [4.78, 5) is 47.0. The number of unbranched alkanes of at least 4 members (excludes halogenated alkanes) is 19. The molecular formula is C44H74NO10P. The predicted octanol–water partition coefficient (Wildman–Crippen LogP) is 10.3. The molecule has 11 nitrogen and oxygen atoms in total. The van der Waals surface area contributed by atoms with Gasteiger partial charge in [0.2, 0.25) is 0 Å². The van der Waals surface area contributed by atoms with Crippen molar-refractivity contribution in [1.29, 1.82) is 0 Å². The maximum atomic E-state index is 13.2. The van der Waals surface area contributed by atoms with Crippen molar-refractivity contribution < 1.29 is 47.8 Å². The highest BCUT2D eigenvalue weighted by molar-refractivity contribution is 7.47. The molecule has 0 fully saturated rings. The third kappa shape index (κ3) is 33.2. The van der Waals surface area contributed by atoms with Crippen LogP contribution in [0.25, 0.3) is 0 Å². The Hall–Kier alpha value is -2.92. The number of carboxylic acid groups (broad SMARTS) is 1. The van der Waals surface area contributed by atoms with E-state index < -0.39 is 57.0 Å². The Morgan fingerprint density at radius 1 is 0.643 bits per heavy atom. The molecule has 0 radical (unpaired) electrons. The van der Waals surface area contributed by atoms with Crippen molar-refractivity contribution in [2.45, 2.75) is 173 Å². The van der Waals surface area contributed by atoms with E-state index in [1.807, 2.05) is 30.4 Å². The van der Waals surface area contributed by atoms with Crippen molar-refractivity contribution in [3.05, 3.63) is 72.9 Å². The lowest BCUT2D eigenvalue weighted by molar-refractivity contribution is -0.156. The summed E-state index contributed by atoms with van der Waals surface area (Å²) in [6.07, 6.45) is 42.3. The van der Waals surface area contributed by atoms with Crippen LogP contribution in [0.4, 0.5) is 0 Å². The zero-order valence-electron chi connectivity index (χ0n) is 34.4. The summed E-state index contributed by atoms with van der Waals surface area (Å²) in [6.45, 7) is 2.68. The molecule has 0 aliphatic rings. The lowest BCUT2D eigenvalue weighted by Gasteiger charge is -2.26. The zero-order valence-corrected chi connectivity index (χ0v) is 35.2. The summed E-state index contributed by atoms with van der Waals surface area (Å²) in [5.41, 5.74) is 5.36. The van der Waals surface area contributed by atoms with Gasteiger partial charge in [-0.1, -0.05) is 196 Å². The molecule has 0 bridgehead atoms. The van der Waals surface area contributed by atoms with Crippen molar-refractivity contribution in [3.63, 3.8) is 0 Å². The number of carboxylic acids is 1. The molecule has 0 aliphatic carbocycles. The number of nitrogens with two attached hydrogens (primary N) is 1. The molecule has 320 valence electrons. The van der Waals surface area contributed by atoms with Crippen molar-refractivity contribution in [3.8, 4) is 0 Å². The van der Waals surface area contributed by atoms with Crippen LogP contribution in [0.1, 0.15) is 155 Å². The second-order valence-corrected chi connectivity index (χ2v) is 15.5. The number of phosphoric ester groups is 1. The van der Waals surface area contributed by atoms with Crippen LogP contribution < -0.4 is 5.73 Å². The van der Waals surface area contributed by atoms with Crippen LogP contribution >= 0.6 is 7.82 Å². The van der Waals surface area contributed by atoms with Crippen molar-refractivity contribution in [2.75, 3.05) is 13.2 Å². The van der Waals surface area contributed by atoms with Gasteiger partial charge in [0, 0.05) is 12.5 Å². The first-order valence-electron chi connectivity index (χ1n) is 21.1. The number of esters is 1. The van der Waals surface area contributed by atoms with Gasteiger partial charge in [0.05, 0.1) is 13.2 Å². The molecule has 0 spiro atoms. The first-order valence-corrected chi connectivity index (χ1v) is 22.6. The molecule has 0 aromatic heterocycles. The van der Waals surface area contributed by atoms with E-state index >= 15 is 0 Å². The molecule has 0 heterocycles. The first kappa shape index (κ1) is 53.1. The number of aliphatic carboxylic acids is 1. The van der Waals surface area contributed by atoms with E-state index in [9.17, 15) is 28.9 Å². The van der Waals surface area contributed by atoms with Gasteiger partial charge in [-0.2, -0.15) is 0 Å². The predicted molar refractivity (Wildman–Crippen MR) is 226 cm³/mol. The molecule has 12 heteroatoms. The first-order chi connectivity index (χ1) is 27.1. The molecule has 2 unspecified atom stereocenters. The van der Waals surface area contributed by atoms with Crippen molar-refractivity contribution >= 4 is 25.5 Å². The molecule has 56 heavy (non-hydrogen) atoms. The molecule has 0 rings (SSSR count). The standard InChI is InChI=1S/C44H74NO10P/c1-3-5-7-9-11-13-15-17-18-19-20-21-22-24-26-28-30-32-34-36-42(48)54-41(37-46)43(55-56(51,52)53-38-39(45)44(49)50)40(47)35-33-31-29-27-25-23-16-14-12-10-8-6-4-2/h18-22,24,26,28,30,32,34,36,39,41,43,46H,3-17,23,25,27,29,31,33,35,37-38,45H2,1-2H3,(H,49,50)(H,51,52)/t39-,41-,43?/m0/s1. The van der Waals surface area contributed by atoms with Gasteiger partial charge >= 0.3 is 19.8 Å². The average molecular weight is 808 g/mol. The number of aliphatic hydroxyl groups is 1. The van der Waals surface area contributed by atoms with Gasteiger partial charge in [0.15, 0.2) is 18.0 Å². The van der Waals surface area contributed by atoms with Gasteiger partial charge in [-0.25, -0.2) is 9.36 Å². The molecule has 0 aromatic carbocycles. The Bertz CT molecular complexity index is 1240. The topological polar surface area (TPSA) is 183 Å². The zero-order chi connectivity index (χ0) is 41.5. The fourth-order valence-corrected chi connectivity index (χ4v) is 6.59. The molecule has 4 atom stereocenters. The molecule has 5 N–H and O–H groups in total. The van der Waals surface area contributed by atoms with Crippen LogP contribution in [0.15, 0.2) is 72.9 Å². The fraction of sp³-hybridized carbons (Fsp3) is 0.659. The van der Waals surface area contributed by atoms with E-state index in [1.54, 1.807) is 18.2 Å². The van der Waals surface area contributed by atoms with Crippen LogP contribution in [0.5, 0.6) is 0 Å². The second kappa shape index (κ2) is 37.6. The normalized spacial score (nSPS) is 15.2. The number of ether oxygens (including phenoxy) is 1. The van der Waals surface area contributed by atoms with Gasteiger partial charge in [0.1, 0.15) is 6.04 Å². The summed E-state index contributed by atoms with van der Waals surface area (Å²) in [5.74, 6) is -3.07. The highest BCUT2D eigenvalue weighted by Crippen LogP contribution is 2.45. The Morgan fingerprint density at radius 2 is 1.07 bits per heavy atom. The number of ketones is 1. The van der Waals surface area contributed by atoms with Gasteiger partial charge in [-0.3, -0.25) is 18.6 Å². The van der Waals surface area contributed by atoms with Crippen LogP contribution in [0.3, 0.4) is 0 Å². The average Bonchev–Trinajstić information content (AvgIpc) is 3.17. The third-order valence-corrected chi connectivity index (χ3v) is 9.92. The van der Waals surface area contributed by atoms with E-state index in [2.05, 4.69) is 26.0 Å². The van der Waals surface area contributed by atoms with E-state index in [1.165, 1.54) is 102 Å². The molecule has 0 aliphatic heterocycles. The van der Waals surface area contributed by atoms with Gasteiger partial charge in [-0.05, 0) is 19.3 Å². The number of carbonyl (C=O) groups excluding carboxylic acids is 2. The summed E-state index contributed by atoms with van der Waals surface area (Å²) in [6, 6.07) is -1.62. The molecule has 0 amide bonds. The summed E-state index contributed by atoms with van der Waals surface area (Å²) in [5, 5.41) is 19.0. The minimum atomic E-state index is -5.05. The van der Waals surface area contributed by atoms with Gasteiger partial charge < -0.3 is 25.6 Å². The van der Waals surface area contributed by atoms with E-state index in [0.29, 0.717) is 6.42 Å². The Morgan fingerprint density at radius 3 is 1.54 bits per heavy atom. The van der Waals surface area contributed by atoms with Crippen LogP contribution in [-0.4, -0.2) is 64.3 Å². The lowest BCUT2D eigenvalue weighted by Crippen LogP contribution is -2.42. The SMILES string of the molecule is CCCCCCCCCC=CC=CC=CC=CC=CC=CC(=O)O[C@@H](CO)C(OP(=O)(O)OC[C@H](N)C(=O)O)C(=O)CCCCCCCCCCCCCCC. The minimum absolute atomic E-state index is 0.0593. The number of rotatable bonds is 38. The lowest BCUT2D eigenvalue weighted by atomic mass is 10.0. The monoisotopic (exact) mass is 808 g/mol. The number of hydrogen-bond acceptors (Lipinski definition) is 9. The van der Waals surface area contributed by atoms with E-state index in [0.717, 1.165) is 38.2 Å². The largest absolute Gasteiger partial charge is 0.480 e. The summed E-state index contributed by atoms with van der Waals surface area (Å²) >= 11 is 0. The summed E-state index contributed by atoms with van der Waals surface area (Å²) in [7, 11) is -5.05. The number of hydrogen-bond donors (Lipinski definition) is 4. The van der Waals surface area contributed by atoms with Crippen molar-refractivity contribution in [2.24, 2.45) is 5.73 Å². The van der Waals surface area contributed by atoms with E-state index in [4.69, 9.17) is 24.6 Å². The van der Waals surface area contributed by atoms with Gasteiger partial charge in [-0.15, -0.1) is 0 Å². The highest BCUT2D eigenvalue weighted by atomic mass is 31.2. The van der Waals surface area contributed by atoms with Gasteiger partial charge in [0.25, 0.3) is 0 Å². The minimum Gasteiger partial charge on any atom is -0.480 e. The number of carbonyl (C=O) groups is 3. The quantitative estimate of drug-likeness (QED) is 0.0153. The molecule has 0 saturated carbocycles. The second-order valence-electron chi connectivity index (χ2n) is 14.1. The summed E-state index contributed by atoms with van der Waals surface area (Å²) < 4.78 is 27.7. The smallest absolute Gasteiger partial charge is 0.473 e. The number of phosphoric acid groups is 1. The molecule has 0 saturated heterocycles. The number of aliphatic hydroxyl groups excluding tert-OH is 1. The molecule has 0 aromatic rings. The Labute approximate surface area is 337 Å². The van der Waals surface area contributed by atoms with Crippen LogP contribution in [0.2, 0.25) is 0 Å². The maximum absolute atomic E-state index is 13.2. The number of allylic oxidation sites excluding steroid dienone is 11. The third-order valence-electron chi connectivity index (χ3n) is 8.95.